The molecule has 1 aromatic carbocycles. The van der Waals surface area contributed by atoms with E-state index in [4.69, 9.17) is 0 Å². The van der Waals surface area contributed by atoms with Crippen LogP contribution < -0.4 is 4.90 Å². The van der Waals surface area contributed by atoms with Crippen LogP contribution in [0.4, 0.5) is 11.4 Å². The highest BCUT2D eigenvalue weighted by molar-refractivity contribution is 8.00. The van der Waals surface area contributed by atoms with Crippen molar-refractivity contribution in [1.82, 2.24) is 4.90 Å². The Kier molecular flexibility index (Phi) is 6.90. The summed E-state index contributed by atoms with van der Waals surface area (Å²) in [6, 6.07) is 6.61. The number of amides is 1. The van der Waals surface area contributed by atoms with Gasteiger partial charge in [-0.1, -0.05) is 13.3 Å². The number of hydrogen-bond donors (Lipinski definition) is 0. The first-order chi connectivity index (χ1) is 11.5. The largest absolute Gasteiger partial charge is 0.368 e. The van der Waals surface area contributed by atoms with Crippen LogP contribution in [-0.4, -0.2) is 52.9 Å². The van der Waals surface area contributed by atoms with Gasteiger partial charge in [0, 0.05) is 44.0 Å². The van der Waals surface area contributed by atoms with Crippen molar-refractivity contribution in [2.75, 3.05) is 36.8 Å². The molecule has 0 aromatic heterocycles. The van der Waals surface area contributed by atoms with Gasteiger partial charge in [-0.2, -0.15) is 0 Å². The van der Waals surface area contributed by atoms with Crippen molar-refractivity contribution in [3.8, 4) is 0 Å². The van der Waals surface area contributed by atoms with E-state index >= 15 is 0 Å². The van der Waals surface area contributed by atoms with Gasteiger partial charge in [-0.3, -0.25) is 14.9 Å². The van der Waals surface area contributed by atoms with Crippen molar-refractivity contribution >= 4 is 29.0 Å². The second-order valence-electron chi connectivity index (χ2n) is 5.95. The van der Waals surface area contributed by atoms with Crippen LogP contribution in [-0.2, 0) is 4.79 Å². The zero-order valence-corrected chi connectivity index (χ0v) is 15.1. The van der Waals surface area contributed by atoms with Crippen molar-refractivity contribution in [3.63, 3.8) is 0 Å². The zero-order chi connectivity index (χ0) is 17.5. The number of carbonyl (C=O) groups is 1. The van der Waals surface area contributed by atoms with E-state index in [1.807, 2.05) is 11.8 Å². The molecular formula is C17H25N3O3S. The number of thioether (sulfide) groups is 1. The summed E-state index contributed by atoms with van der Waals surface area (Å²) in [5, 5.41) is 10.7. The number of nitrogens with zero attached hydrogens (tertiary/aromatic N) is 3. The third-order valence-corrected chi connectivity index (χ3v) is 5.46. The summed E-state index contributed by atoms with van der Waals surface area (Å²) < 4.78 is 0. The Morgan fingerprint density at radius 3 is 2.42 bits per heavy atom. The topological polar surface area (TPSA) is 66.7 Å². The van der Waals surface area contributed by atoms with E-state index in [1.165, 1.54) is 12.1 Å². The van der Waals surface area contributed by atoms with Crippen LogP contribution in [0.3, 0.4) is 0 Å². The molecule has 24 heavy (non-hydrogen) atoms. The normalized spacial score (nSPS) is 16.1. The molecule has 0 saturated carbocycles. The maximum absolute atomic E-state index is 12.5. The lowest BCUT2D eigenvalue weighted by Crippen LogP contribution is -2.50. The highest BCUT2D eigenvalue weighted by atomic mass is 32.2. The number of benzene rings is 1. The lowest BCUT2D eigenvalue weighted by atomic mass is 10.2. The minimum Gasteiger partial charge on any atom is -0.368 e. The standard InChI is InChI=1S/C17H25N3O3S/c1-3-4-13-24-14(2)17(21)19-11-9-18(10-12-19)15-5-7-16(8-6-15)20(22)23/h5-8,14H,3-4,9-13H2,1-2H3. The molecule has 1 atom stereocenters. The summed E-state index contributed by atoms with van der Waals surface area (Å²) in [7, 11) is 0. The number of hydrogen-bond acceptors (Lipinski definition) is 5. The molecule has 1 unspecified atom stereocenters. The van der Waals surface area contributed by atoms with Gasteiger partial charge in [0.15, 0.2) is 0 Å². The van der Waals surface area contributed by atoms with Crippen LogP contribution >= 0.6 is 11.8 Å². The van der Waals surface area contributed by atoms with Gasteiger partial charge >= 0.3 is 0 Å². The molecule has 7 heteroatoms. The molecule has 0 N–H and O–H groups in total. The molecule has 1 aromatic rings. The summed E-state index contributed by atoms with van der Waals surface area (Å²) in [6.45, 7) is 7.07. The molecule has 0 bridgehead atoms. The molecule has 1 amide bonds. The van der Waals surface area contributed by atoms with Crippen LogP contribution in [0.25, 0.3) is 0 Å². The van der Waals surface area contributed by atoms with Crippen molar-refractivity contribution in [2.45, 2.75) is 31.9 Å². The minimum atomic E-state index is -0.391. The van der Waals surface area contributed by atoms with E-state index in [0.29, 0.717) is 13.1 Å². The van der Waals surface area contributed by atoms with Crippen molar-refractivity contribution < 1.29 is 9.72 Å². The quantitative estimate of drug-likeness (QED) is 0.429. The van der Waals surface area contributed by atoms with E-state index < -0.39 is 4.92 Å². The van der Waals surface area contributed by atoms with E-state index in [2.05, 4.69) is 11.8 Å². The molecule has 132 valence electrons. The van der Waals surface area contributed by atoms with E-state index in [0.717, 1.165) is 37.4 Å². The fraction of sp³-hybridized carbons (Fsp3) is 0.588. The van der Waals surface area contributed by atoms with Gasteiger partial charge in [0.2, 0.25) is 5.91 Å². The first-order valence-corrected chi connectivity index (χ1v) is 9.47. The van der Waals surface area contributed by atoms with Gasteiger partial charge in [0.05, 0.1) is 10.2 Å². The number of carbonyl (C=O) groups excluding carboxylic acids is 1. The molecule has 0 radical (unpaired) electrons. The van der Waals surface area contributed by atoms with Crippen LogP contribution in [0.15, 0.2) is 24.3 Å². The van der Waals surface area contributed by atoms with Gasteiger partial charge in [0.1, 0.15) is 0 Å². The van der Waals surface area contributed by atoms with Crippen LogP contribution in [0.5, 0.6) is 0 Å². The van der Waals surface area contributed by atoms with Gasteiger partial charge in [-0.25, -0.2) is 0 Å². The number of nitro groups is 1. The lowest BCUT2D eigenvalue weighted by molar-refractivity contribution is -0.384. The predicted molar refractivity (Wildman–Crippen MR) is 98.7 cm³/mol. The number of anilines is 1. The maximum Gasteiger partial charge on any atom is 0.269 e. The molecule has 0 aliphatic carbocycles. The Morgan fingerprint density at radius 2 is 1.88 bits per heavy atom. The second-order valence-corrected chi connectivity index (χ2v) is 7.40. The number of rotatable bonds is 7. The van der Waals surface area contributed by atoms with Crippen LogP contribution in [0.1, 0.15) is 26.7 Å². The Labute approximate surface area is 147 Å². The van der Waals surface area contributed by atoms with Crippen molar-refractivity contribution in [1.29, 1.82) is 0 Å². The molecule has 1 fully saturated rings. The third kappa shape index (κ3) is 4.87. The van der Waals surface area contributed by atoms with E-state index in [9.17, 15) is 14.9 Å². The summed E-state index contributed by atoms with van der Waals surface area (Å²) in [4.78, 5) is 26.9. The molecule has 1 saturated heterocycles. The van der Waals surface area contributed by atoms with Crippen molar-refractivity contribution in [3.05, 3.63) is 34.4 Å². The second kappa shape index (κ2) is 8.92. The molecule has 6 nitrogen and oxygen atoms in total. The van der Waals surface area contributed by atoms with Crippen molar-refractivity contribution in [2.24, 2.45) is 0 Å². The molecule has 2 rings (SSSR count). The Hall–Kier alpha value is -1.76. The van der Waals surface area contributed by atoms with Crippen LogP contribution in [0, 0.1) is 10.1 Å². The SMILES string of the molecule is CCCCSC(C)C(=O)N1CCN(c2ccc([N+](=O)[O-])cc2)CC1. The van der Waals surface area contributed by atoms with E-state index in [1.54, 1.807) is 23.9 Å². The summed E-state index contributed by atoms with van der Waals surface area (Å²) >= 11 is 1.74. The predicted octanol–water partition coefficient (Wildman–Crippen LogP) is 3.17. The van der Waals surface area contributed by atoms with Gasteiger partial charge < -0.3 is 9.80 Å². The molecular weight excluding hydrogens is 326 g/mol. The van der Waals surface area contributed by atoms with Crippen LogP contribution in [0.2, 0.25) is 0 Å². The van der Waals surface area contributed by atoms with Gasteiger partial charge in [-0.15, -0.1) is 11.8 Å². The average molecular weight is 351 g/mol. The minimum absolute atomic E-state index is 0.0162. The number of non-ortho nitro benzene ring substituents is 1. The number of nitro benzene ring substituents is 1. The van der Waals surface area contributed by atoms with E-state index in [-0.39, 0.29) is 16.8 Å². The molecule has 0 spiro atoms. The first kappa shape index (κ1) is 18.6. The highest BCUT2D eigenvalue weighted by Gasteiger charge is 2.25. The Morgan fingerprint density at radius 1 is 1.25 bits per heavy atom. The lowest BCUT2D eigenvalue weighted by Gasteiger charge is -2.37. The summed E-state index contributed by atoms with van der Waals surface area (Å²) in [6.07, 6.45) is 2.30. The highest BCUT2D eigenvalue weighted by Crippen LogP contribution is 2.22. The Balaban J connectivity index is 1.84. The van der Waals surface area contributed by atoms with Gasteiger partial charge in [0.25, 0.3) is 5.69 Å². The Bertz CT molecular complexity index is 557. The van der Waals surface area contributed by atoms with Gasteiger partial charge in [-0.05, 0) is 31.2 Å². The number of unbranched alkanes of at least 4 members (excludes halogenated alkanes) is 1. The third-order valence-electron chi connectivity index (χ3n) is 4.23. The molecule has 1 aliphatic rings. The molecule has 1 heterocycles. The fourth-order valence-corrected chi connectivity index (χ4v) is 3.80. The smallest absolute Gasteiger partial charge is 0.269 e. The zero-order valence-electron chi connectivity index (χ0n) is 14.3. The molecule has 1 aliphatic heterocycles. The first-order valence-electron chi connectivity index (χ1n) is 8.42. The maximum atomic E-state index is 12.5. The average Bonchev–Trinajstić information content (AvgIpc) is 2.61. The fourth-order valence-electron chi connectivity index (χ4n) is 2.70. The summed E-state index contributed by atoms with van der Waals surface area (Å²) in [5.74, 6) is 1.26. The number of piperazine rings is 1. The monoisotopic (exact) mass is 351 g/mol. The summed E-state index contributed by atoms with van der Waals surface area (Å²) in [5.41, 5.74) is 1.07.